The molecule has 90 valence electrons. The summed E-state index contributed by atoms with van der Waals surface area (Å²) in [5.74, 6) is 0.398. The summed E-state index contributed by atoms with van der Waals surface area (Å²) in [4.78, 5) is 16.6. The number of ether oxygens (including phenoxy) is 1. The van der Waals surface area contributed by atoms with Crippen LogP contribution >= 0.6 is 11.3 Å². The van der Waals surface area contributed by atoms with Gasteiger partial charge in [-0.05, 0) is 11.4 Å². The van der Waals surface area contributed by atoms with Crippen LogP contribution in [0.4, 0.5) is 0 Å². The first-order valence-corrected chi connectivity index (χ1v) is 5.98. The van der Waals surface area contributed by atoms with E-state index in [1.54, 1.807) is 23.7 Å². The van der Waals surface area contributed by atoms with Crippen LogP contribution in [0.3, 0.4) is 0 Å². The molecule has 0 aliphatic heterocycles. The molecule has 6 heteroatoms. The molecule has 0 radical (unpaired) electrons. The molecule has 2 aromatic rings. The average molecular weight is 251 g/mol. The van der Waals surface area contributed by atoms with Crippen molar-refractivity contribution < 1.29 is 9.53 Å². The van der Waals surface area contributed by atoms with E-state index in [-0.39, 0.29) is 0 Å². The van der Waals surface area contributed by atoms with Crippen molar-refractivity contribution in [1.29, 1.82) is 0 Å². The average Bonchev–Trinajstić information content (AvgIpc) is 2.97. The van der Waals surface area contributed by atoms with E-state index in [1.165, 1.54) is 7.11 Å². The van der Waals surface area contributed by atoms with Crippen molar-refractivity contribution in [2.24, 2.45) is 5.73 Å². The Hall–Kier alpha value is -1.66. The smallest absolute Gasteiger partial charge is 0.324 e. The number of esters is 1. The first-order chi connectivity index (χ1) is 8.22. The predicted molar refractivity (Wildman–Crippen MR) is 65.5 cm³/mol. The van der Waals surface area contributed by atoms with Gasteiger partial charge in [-0.25, -0.2) is 4.98 Å². The standard InChI is InChI=1S/C11H13N3O2S/c1-16-11(15)8(12)7-14-5-4-13-10(14)9-3-2-6-17-9/h2-6,8H,7,12H2,1H3. The van der Waals surface area contributed by atoms with Gasteiger partial charge in [-0.1, -0.05) is 6.07 Å². The molecule has 2 heterocycles. The number of nitrogens with two attached hydrogens (primary N) is 1. The number of carbonyl (C=O) groups excluding carboxylic acids is 1. The third-order valence-electron chi connectivity index (χ3n) is 2.35. The summed E-state index contributed by atoms with van der Waals surface area (Å²) in [6, 6.07) is 3.26. The van der Waals surface area contributed by atoms with Crippen LogP contribution in [0.15, 0.2) is 29.9 Å². The van der Waals surface area contributed by atoms with Crippen molar-refractivity contribution in [3.05, 3.63) is 29.9 Å². The van der Waals surface area contributed by atoms with Crippen molar-refractivity contribution in [3.8, 4) is 10.7 Å². The second-order valence-electron chi connectivity index (χ2n) is 3.51. The van der Waals surface area contributed by atoms with E-state index >= 15 is 0 Å². The first kappa shape index (κ1) is 11.8. The van der Waals surface area contributed by atoms with E-state index in [2.05, 4.69) is 9.72 Å². The second kappa shape index (κ2) is 5.11. The van der Waals surface area contributed by atoms with Gasteiger partial charge in [0.2, 0.25) is 0 Å². The summed E-state index contributed by atoms with van der Waals surface area (Å²) in [5, 5.41) is 1.98. The maximum Gasteiger partial charge on any atom is 0.324 e. The Balaban J connectivity index is 2.18. The van der Waals surface area contributed by atoms with Crippen molar-refractivity contribution in [2.75, 3.05) is 7.11 Å². The molecule has 0 spiro atoms. The first-order valence-electron chi connectivity index (χ1n) is 5.11. The zero-order chi connectivity index (χ0) is 12.3. The predicted octanol–water partition coefficient (Wildman–Crippen LogP) is 1.11. The monoisotopic (exact) mass is 251 g/mol. The maximum atomic E-state index is 11.3. The van der Waals surface area contributed by atoms with Gasteiger partial charge in [0, 0.05) is 12.4 Å². The van der Waals surface area contributed by atoms with Crippen molar-refractivity contribution in [3.63, 3.8) is 0 Å². The Labute approximate surface area is 103 Å². The van der Waals surface area contributed by atoms with E-state index in [0.29, 0.717) is 6.54 Å². The summed E-state index contributed by atoms with van der Waals surface area (Å²) in [5.41, 5.74) is 5.72. The SMILES string of the molecule is COC(=O)C(N)Cn1ccnc1-c1cccs1. The van der Waals surface area contributed by atoms with Crippen LogP contribution in [0, 0.1) is 0 Å². The van der Waals surface area contributed by atoms with Crippen molar-refractivity contribution >= 4 is 17.3 Å². The van der Waals surface area contributed by atoms with Crippen LogP contribution in [0.1, 0.15) is 0 Å². The number of hydrogen-bond donors (Lipinski definition) is 1. The third-order valence-corrected chi connectivity index (χ3v) is 3.22. The normalized spacial score (nSPS) is 12.4. The van der Waals surface area contributed by atoms with Gasteiger partial charge in [-0.15, -0.1) is 11.3 Å². The molecule has 0 fully saturated rings. The quantitative estimate of drug-likeness (QED) is 0.826. The number of aromatic nitrogens is 2. The van der Waals surface area contributed by atoms with Crippen LogP contribution in [0.5, 0.6) is 0 Å². The number of nitrogens with zero attached hydrogens (tertiary/aromatic N) is 2. The molecular formula is C11H13N3O2S. The van der Waals surface area contributed by atoms with Crippen LogP contribution in [0.2, 0.25) is 0 Å². The molecule has 1 unspecified atom stereocenters. The lowest BCUT2D eigenvalue weighted by Gasteiger charge is -2.11. The van der Waals surface area contributed by atoms with Gasteiger partial charge in [0.05, 0.1) is 18.5 Å². The van der Waals surface area contributed by atoms with Gasteiger partial charge in [-0.2, -0.15) is 0 Å². The summed E-state index contributed by atoms with van der Waals surface area (Å²) in [6.45, 7) is 0.361. The lowest BCUT2D eigenvalue weighted by atomic mass is 10.3. The van der Waals surface area contributed by atoms with E-state index in [0.717, 1.165) is 10.7 Å². The highest BCUT2D eigenvalue weighted by atomic mass is 32.1. The molecule has 0 aliphatic carbocycles. The van der Waals surface area contributed by atoms with Crippen LogP contribution in [0.25, 0.3) is 10.7 Å². The fourth-order valence-corrected chi connectivity index (χ4v) is 2.26. The van der Waals surface area contributed by atoms with Gasteiger partial charge in [0.1, 0.15) is 11.9 Å². The molecular weight excluding hydrogens is 238 g/mol. The van der Waals surface area contributed by atoms with E-state index < -0.39 is 12.0 Å². The van der Waals surface area contributed by atoms with E-state index in [4.69, 9.17) is 5.73 Å². The van der Waals surface area contributed by atoms with Crippen molar-refractivity contribution in [2.45, 2.75) is 12.6 Å². The summed E-state index contributed by atoms with van der Waals surface area (Å²) in [6.07, 6.45) is 3.50. The largest absolute Gasteiger partial charge is 0.468 e. The topological polar surface area (TPSA) is 70.1 Å². The Morgan fingerprint density at radius 3 is 3.18 bits per heavy atom. The minimum atomic E-state index is -0.673. The van der Waals surface area contributed by atoms with E-state index in [9.17, 15) is 4.79 Å². The van der Waals surface area contributed by atoms with Gasteiger partial charge in [0.15, 0.2) is 0 Å². The minimum absolute atomic E-state index is 0.361. The van der Waals surface area contributed by atoms with Crippen LogP contribution in [-0.4, -0.2) is 28.7 Å². The van der Waals surface area contributed by atoms with Crippen LogP contribution < -0.4 is 5.73 Å². The molecule has 2 aromatic heterocycles. The number of rotatable bonds is 4. The molecule has 0 aliphatic rings. The highest BCUT2D eigenvalue weighted by Gasteiger charge is 2.16. The Bertz CT molecular complexity index is 493. The van der Waals surface area contributed by atoms with Crippen molar-refractivity contribution in [1.82, 2.24) is 9.55 Å². The Morgan fingerprint density at radius 2 is 2.53 bits per heavy atom. The van der Waals surface area contributed by atoms with Gasteiger partial charge in [0.25, 0.3) is 0 Å². The zero-order valence-corrected chi connectivity index (χ0v) is 10.2. The molecule has 0 bridgehead atoms. The van der Waals surface area contributed by atoms with Gasteiger partial charge in [-0.3, -0.25) is 4.79 Å². The third kappa shape index (κ3) is 2.54. The van der Waals surface area contributed by atoms with Gasteiger partial charge >= 0.3 is 5.97 Å². The fourth-order valence-electron chi connectivity index (χ4n) is 1.53. The number of hydrogen-bond acceptors (Lipinski definition) is 5. The summed E-state index contributed by atoms with van der Waals surface area (Å²) >= 11 is 1.60. The lowest BCUT2D eigenvalue weighted by molar-refractivity contribution is -0.142. The van der Waals surface area contributed by atoms with Gasteiger partial charge < -0.3 is 15.0 Å². The molecule has 2 N–H and O–H groups in total. The highest BCUT2D eigenvalue weighted by Crippen LogP contribution is 2.22. The fraction of sp³-hybridized carbons (Fsp3) is 0.273. The Kier molecular flexibility index (Phi) is 3.55. The van der Waals surface area contributed by atoms with Crippen LogP contribution in [-0.2, 0) is 16.1 Å². The zero-order valence-electron chi connectivity index (χ0n) is 9.37. The Morgan fingerprint density at radius 1 is 1.71 bits per heavy atom. The molecule has 5 nitrogen and oxygen atoms in total. The number of methoxy groups -OCH3 is 1. The number of imidazole rings is 1. The molecule has 0 amide bonds. The lowest BCUT2D eigenvalue weighted by Crippen LogP contribution is -2.35. The molecule has 2 rings (SSSR count). The van der Waals surface area contributed by atoms with E-state index in [1.807, 2.05) is 22.1 Å². The molecule has 0 saturated heterocycles. The maximum absolute atomic E-state index is 11.3. The molecule has 1 atom stereocenters. The number of thiophene rings is 1. The molecule has 0 aromatic carbocycles. The highest BCUT2D eigenvalue weighted by molar-refractivity contribution is 7.13. The molecule has 17 heavy (non-hydrogen) atoms. The minimum Gasteiger partial charge on any atom is -0.468 e. The number of carbonyl (C=O) groups is 1. The second-order valence-corrected chi connectivity index (χ2v) is 4.46. The summed E-state index contributed by atoms with van der Waals surface area (Å²) in [7, 11) is 1.33. The molecule has 0 saturated carbocycles. The summed E-state index contributed by atoms with van der Waals surface area (Å²) < 4.78 is 6.45.